The second-order valence-corrected chi connectivity index (χ2v) is 11.0. The molecule has 0 spiro atoms. The number of benzene rings is 3. The van der Waals surface area contributed by atoms with E-state index in [0.717, 1.165) is 37.1 Å². The zero-order valence-electron chi connectivity index (χ0n) is 19.8. The van der Waals surface area contributed by atoms with Crippen molar-refractivity contribution in [2.24, 2.45) is 0 Å². The molecule has 0 bridgehead atoms. The maximum atomic E-state index is 13.3. The first kappa shape index (κ1) is 23.7. The van der Waals surface area contributed by atoms with Crippen LogP contribution in [0.5, 0.6) is 0 Å². The number of piperidine rings is 1. The average molecular weight is 492 g/mol. The molecule has 8 heteroatoms. The summed E-state index contributed by atoms with van der Waals surface area (Å²) in [5.41, 5.74) is 2.67. The number of likely N-dealkylation sites (tertiary alicyclic amines) is 1. The van der Waals surface area contributed by atoms with E-state index in [2.05, 4.69) is 9.62 Å². The van der Waals surface area contributed by atoms with Crippen molar-refractivity contribution < 1.29 is 18.0 Å². The van der Waals surface area contributed by atoms with Gasteiger partial charge in [-0.2, -0.15) is 0 Å². The molecule has 2 heterocycles. The molecule has 2 aliphatic heterocycles. The zero-order chi connectivity index (χ0) is 24.6. The molecule has 0 radical (unpaired) electrons. The molecule has 3 aromatic carbocycles. The van der Waals surface area contributed by atoms with Gasteiger partial charge < -0.3 is 4.90 Å². The fourth-order valence-corrected chi connectivity index (χ4v) is 6.16. The number of hydrogen-bond acceptors (Lipinski definition) is 5. The number of carbonyl (C=O) groups excluding carboxylic acids is 2. The van der Waals surface area contributed by atoms with Gasteiger partial charge in [-0.15, -0.1) is 0 Å². The first-order valence-corrected chi connectivity index (χ1v) is 13.5. The van der Waals surface area contributed by atoms with Crippen LogP contribution in [-0.2, 0) is 16.6 Å². The van der Waals surface area contributed by atoms with Crippen molar-refractivity contribution >= 4 is 32.6 Å². The molecule has 5 rings (SSSR count). The van der Waals surface area contributed by atoms with Gasteiger partial charge in [0.15, 0.2) is 0 Å². The molecule has 182 valence electrons. The van der Waals surface area contributed by atoms with Crippen LogP contribution in [0.2, 0.25) is 0 Å². The van der Waals surface area contributed by atoms with Gasteiger partial charge in [0, 0.05) is 41.5 Å². The Morgan fingerprint density at radius 2 is 1.51 bits per heavy atom. The molecule has 0 atom stereocenters. The number of nitrogens with zero attached hydrogens (tertiary/aromatic N) is 2. The molecule has 7 nitrogen and oxygen atoms in total. The molecule has 3 aromatic rings. The number of amides is 2. The van der Waals surface area contributed by atoms with Crippen LogP contribution in [0, 0.1) is 6.92 Å². The number of sulfonamides is 1. The van der Waals surface area contributed by atoms with Crippen molar-refractivity contribution in [2.45, 2.75) is 37.6 Å². The summed E-state index contributed by atoms with van der Waals surface area (Å²) in [5, 5.41) is 0.795. The molecule has 1 fully saturated rings. The predicted octanol–water partition coefficient (Wildman–Crippen LogP) is 3.71. The van der Waals surface area contributed by atoms with Crippen molar-refractivity contribution in [3.05, 3.63) is 76.9 Å². The Balaban J connectivity index is 1.44. The van der Waals surface area contributed by atoms with Crippen LogP contribution >= 0.6 is 0 Å². The van der Waals surface area contributed by atoms with Gasteiger partial charge >= 0.3 is 0 Å². The minimum absolute atomic E-state index is 0.0626. The average Bonchev–Trinajstić information content (AvgIpc) is 2.87. The van der Waals surface area contributed by atoms with E-state index in [1.807, 2.05) is 31.2 Å². The van der Waals surface area contributed by atoms with Crippen molar-refractivity contribution in [2.75, 3.05) is 26.2 Å². The first-order chi connectivity index (χ1) is 16.8. The fourth-order valence-electron chi connectivity index (χ4n) is 4.94. The van der Waals surface area contributed by atoms with Gasteiger partial charge in [-0.1, -0.05) is 48.4 Å². The number of imide groups is 1. The van der Waals surface area contributed by atoms with E-state index in [0.29, 0.717) is 35.0 Å². The third-order valence-corrected chi connectivity index (χ3v) is 8.38. The quantitative estimate of drug-likeness (QED) is 0.509. The normalized spacial score (nSPS) is 16.8. The van der Waals surface area contributed by atoms with Crippen LogP contribution in [0.1, 0.15) is 51.1 Å². The lowest BCUT2D eigenvalue weighted by Gasteiger charge is -2.31. The predicted molar refractivity (Wildman–Crippen MR) is 135 cm³/mol. The number of hydrogen-bond donors (Lipinski definition) is 1. The Hall–Kier alpha value is -3.07. The summed E-state index contributed by atoms with van der Waals surface area (Å²) in [7, 11) is -3.88. The molecule has 35 heavy (non-hydrogen) atoms. The van der Waals surface area contributed by atoms with Gasteiger partial charge in [0.05, 0.1) is 4.90 Å². The maximum absolute atomic E-state index is 13.3. The highest BCUT2D eigenvalue weighted by Gasteiger charge is 2.34. The van der Waals surface area contributed by atoms with Gasteiger partial charge in [-0.3, -0.25) is 14.5 Å². The Bertz CT molecular complexity index is 1370. The van der Waals surface area contributed by atoms with Gasteiger partial charge in [0.25, 0.3) is 11.8 Å². The second-order valence-electron chi connectivity index (χ2n) is 9.31. The van der Waals surface area contributed by atoms with Crippen molar-refractivity contribution in [3.8, 4) is 0 Å². The van der Waals surface area contributed by atoms with E-state index in [9.17, 15) is 18.0 Å². The van der Waals surface area contributed by atoms with E-state index < -0.39 is 10.0 Å². The number of aryl methyl sites for hydroxylation is 1. The minimum Gasteiger partial charge on any atom is -0.302 e. The molecule has 0 aromatic heterocycles. The van der Waals surface area contributed by atoms with Gasteiger partial charge in [0.2, 0.25) is 10.0 Å². The molecule has 1 saturated heterocycles. The van der Waals surface area contributed by atoms with E-state index >= 15 is 0 Å². The number of nitrogens with one attached hydrogen (secondary N) is 1. The van der Waals surface area contributed by atoms with Crippen molar-refractivity contribution in [1.82, 2.24) is 14.5 Å². The fraction of sp³-hybridized carbons (Fsp3) is 0.333. The highest BCUT2D eigenvalue weighted by molar-refractivity contribution is 7.89. The van der Waals surface area contributed by atoms with E-state index in [1.54, 1.807) is 18.2 Å². The first-order valence-electron chi connectivity index (χ1n) is 12.0. The largest absolute Gasteiger partial charge is 0.302 e. The van der Waals surface area contributed by atoms with Gasteiger partial charge in [0.1, 0.15) is 0 Å². The SMILES string of the molecule is Cc1ccc(CNS(=O)(=O)c2ccc3c4c(cccc24)C(=O)N(CCN2CCCCC2)C3=O)cc1. The summed E-state index contributed by atoms with van der Waals surface area (Å²) < 4.78 is 29.1. The Morgan fingerprint density at radius 1 is 0.829 bits per heavy atom. The lowest BCUT2D eigenvalue weighted by molar-refractivity contribution is 0.0588. The number of carbonyl (C=O) groups is 2. The monoisotopic (exact) mass is 491 g/mol. The highest BCUT2D eigenvalue weighted by Crippen LogP contribution is 2.34. The van der Waals surface area contributed by atoms with Crippen LogP contribution in [0.4, 0.5) is 0 Å². The van der Waals surface area contributed by atoms with E-state index in [4.69, 9.17) is 0 Å². The molecule has 0 aliphatic carbocycles. The third kappa shape index (κ3) is 4.61. The summed E-state index contributed by atoms with van der Waals surface area (Å²) in [4.78, 5) is 30.3. The molecule has 0 saturated carbocycles. The Morgan fingerprint density at radius 3 is 2.23 bits per heavy atom. The highest BCUT2D eigenvalue weighted by atomic mass is 32.2. The van der Waals surface area contributed by atoms with Crippen LogP contribution in [-0.4, -0.2) is 56.2 Å². The Kier molecular flexibility index (Phi) is 6.44. The van der Waals surface area contributed by atoms with E-state index in [1.165, 1.54) is 23.5 Å². The molecule has 0 unspecified atom stereocenters. The van der Waals surface area contributed by atoms with Crippen LogP contribution in [0.3, 0.4) is 0 Å². The lowest BCUT2D eigenvalue weighted by atomic mass is 9.94. The molecule has 1 N–H and O–H groups in total. The summed E-state index contributed by atoms with van der Waals surface area (Å²) in [6.07, 6.45) is 3.50. The molecule has 2 aliphatic rings. The third-order valence-electron chi connectivity index (χ3n) is 6.92. The lowest BCUT2D eigenvalue weighted by Crippen LogP contribution is -2.45. The summed E-state index contributed by atoms with van der Waals surface area (Å²) in [5.74, 6) is -0.737. The summed E-state index contributed by atoms with van der Waals surface area (Å²) >= 11 is 0. The van der Waals surface area contributed by atoms with Crippen molar-refractivity contribution in [3.63, 3.8) is 0 Å². The summed E-state index contributed by atoms with van der Waals surface area (Å²) in [6, 6.07) is 15.6. The standard InChI is InChI=1S/C27H29N3O4S/c1-19-8-10-20(11-9-19)18-28-35(33,34)24-13-12-23-25-21(24)6-5-7-22(25)26(31)30(27(23)32)17-16-29-14-3-2-4-15-29/h5-13,28H,2-4,14-18H2,1H3. The van der Waals surface area contributed by atoms with Crippen LogP contribution in [0.15, 0.2) is 59.5 Å². The number of rotatable bonds is 7. The molecule has 2 amide bonds. The summed E-state index contributed by atoms with van der Waals surface area (Å²) in [6.45, 7) is 5.07. The smallest absolute Gasteiger partial charge is 0.261 e. The zero-order valence-corrected chi connectivity index (χ0v) is 20.6. The van der Waals surface area contributed by atoms with Gasteiger partial charge in [-0.05, 0) is 56.6 Å². The topological polar surface area (TPSA) is 86.8 Å². The molecular formula is C27H29N3O4S. The van der Waals surface area contributed by atoms with Gasteiger partial charge in [-0.25, -0.2) is 13.1 Å². The van der Waals surface area contributed by atoms with Crippen LogP contribution in [0.25, 0.3) is 10.8 Å². The van der Waals surface area contributed by atoms with Crippen LogP contribution < -0.4 is 4.72 Å². The van der Waals surface area contributed by atoms with E-state index in [-0.39, 0.29) is 23.3 Å². The maximum Gasteiger partial charge on any atom is 0.261 e. The Labute approximate surface area is 205 Å². The minimum atomic E-state index is -3.88. The van der Waals surface area contributed by atoms with Crippen molar-refractivity contribution in [1.29, 1.82) is 0 Å². The second kappa shape index (κ2) is 9.53. The molecular weight excluding hydrogens is 462 g/mol.